The number of oxazole rings is 1. The third kappa shape index (κ3) is 7.03. The Morgan fingerprint density at radius 2 is 1.95 bits per heavy atom. The first-order valence-electron chi connectivity index (χ1n) is 10.4. The van der Waals surface area contributed by atoms with Crippen molar-refractivity contribution in [1.29, 1.82) is 0 Å². The molecular formula is C20H14F6N6O5S2. The highest BCUT2D eigenvalue weighted by molar-refractivity contribution is 7.94. The normalized spacial score (nSPS) is 13.3. The number of hydrogen-bond acceptors (Lipinski definition) is 11. The summed E-state index contributed by atoms with van der Waals surface area (Å²) in [7, 11) is -4.05. The van der Waals surface area contributed by atoms with Crippen molar-refractivity contribution in [2.75, 3.05) is 12.4 Å². The average Bonchev–Trinajstić information content (AvgIpc) is 3.54. The lowest BCUT2D eigenvalue weighted by Crippen LogP contribution is -2.20. The third-order valence-electron chi connectivity index (χ3n) is 4.64. The smallest absolute Gasteiger partial charge is 0.435 e. The van der Waals surface area contributed by atoms with E-state index in [1.165, 1.54) is 25.1 Å². The van der Waals surface area contributed by atoms with Gasteiger partial charge in [-0.25, -0.2) is 27.6 Å². The number of nitrogens with zero attached hydrogens (tertiary/aromatic N) is 6. The van der Waals surface area contributed by atoms with Gasteiger partial charge in [-0.05, 0) is 24.3 Å². The van der Waals surface area contributed by atoms with Crippen LogP contribution in [0.4, 0.5) is 26.3 Å². The second-order valence-electron chi connectivity index (χ2n) is 7.38. The first-order valence-corrected chi connectivity index (χ1v) is 12.8. The number of hydrogen-bond donors (Lipinski definition) is 0. The molecule has 0 fully saturated rings. The van der Waals surface area contributed by atoms with Crippen molar-refractivity contribution in [3.63, 3.8) is 0 Å². The summed E-state index contributed by atoms with van der Waals surface area (Å²) < 4.78 is 111. The molecule has 4 rings (SSSR count). The zero-order valence-corrected chi connectivity index (χ0v) is 20.9. The van der Waals surface area contributed by atoms with Crippen molar-refractivity contribution in [3.8, 4) is 11.6 Å². The molecule has 0 saturated heterocycles. The Morgan fingerprint density at radius 1 is 1.18 bits per heavy atom. The van der Waals surface area contributed by atoms with Gasteiger partial charge >= 0.3 is 12.5 Å². The molecule has 3 aromatic heterocycles. The molecule has 3 heterocycles. The van der Waals surface area contributed by atoms with Crippen LogP contribution in [0.3, 0.4) is 0 Å². The zero-order valence-electron chi connectivity index (χ0n) is 19.3. The second-order valence-corrected chi connectivity index (χ2v) is 10.4. The predicted octanol–water partition coefficient (Wildman–Crippen LogP) is 4.61. The fourth-order valence-corrected chi connectivity index (χ4v) is 4.51. The van der Waals surface area contributed by atoms with E-state index < -0.39 is 39.6 Å². The molecule has 4 aromatic rings. The number of rotatable bonds is 8. The standard InChI is InChI=1S/C20H14F6N6O5S2/c1-2-39(33,34)15-5-11(17(32-10-27-9-29-32)31-35-8-19(21,22)23)7-28-16(15)18-30-13-6-12(3-4-14(13)36-18)38-37-20(24,25)26/h3-7,9-10H,2,8H2,1H3/b31-17-. The lowest BCUT2D eigenvalue weighted by atomic mass is 10.2. The molecule has 0 aliphatic heterocycles. The Labute approximate surface area is 219 Å². The number of pyridine rings is 1. The molecule has 0 spiro atoms. The largest absolute Gasteiger partial charge is 0.533 e. The van der Waals surface area contributed by atoms with Gasteiger partial charge < -0.3 is 9.25 Å². The number of aromatic nitrogens is 5. The zero-order chi connectivity index (χ0) is 28.4. The van der Waals surface area contributed by atoms with Crippen LogP contribution in [0.5, 0.6) is 0 Å². The second kappa shape index (κ2) is 10.8. The fraction of sp³-hybridized carbons (Fsp3) is 0.250. The summed E-state index contributed by atoms with van der Waals surface area (Å²) in [6.45, 7) is -0.380. The summed E-state index contributed by atoms with van der Waals surface area (Å²) in [5.41, 5.74) is -0.168. The van der Waals surface area contributed by atoms with Crippen LogP contribution in [-0.2, 0) is 18.9 Å². The van der Waals surface area contributed by atoms with Crippen LogP contribution in [0.15, 0.2) is 62.5 Å². The van der Waals surface area contributed by atoms with Crippen LogP contribution >= 0.6 is 12.0 Å². The number of fused-ring (bicyclic) bond motifs is 1. The Hall–Kier alpha value is -3.71. The summed E-state index contributed by atoms with van der Waals surface area (Å²) in [6, 6.07) is 4.89. The quantitative estimate of drug-likeness (QED) is 0.0933. The summed E-state index contributed by atoms with van der Waals surface area (Å²) in [4.78, 5) is 16.0. The number of alkyl halides is 6. The van der Waals surface area contributed by atoms with E-state index >= 15 is 0 Å². The molecule has 0 atom stereocenters. The molecular weight excluding hydrogens is 582 g/mol. The van der Waals surface area contributed by atoms with Gasteiger partial charge in [-0.15, -0.1) is 13.2 Å². The lowest BCUT2D eigenvalue weighted by molar-refractivity contribution is -0.266. The maximum atomic E-state index is 13.0. The first kappa shape index (κ1) is 28.3. The van der Waals surface area contributed by atoms with E-state index in [0.29, 0.717) is 0 Å². The van der Waals surface area contributed by atoms with Crippen molar-refractivity contribution in [3.05, 3.63) is 48.7 Å². The minimum Gasteiger partial charge on any atom is -0.435 e. The molecule has 1 aromatic carbocycles. The summed E-state index contributed by atoms with van der Waals surface area (Å²) in [6.07, 6.45) is -6.34. The molecule has 11 nitrogen and oxygen atoms in total. The average molecular weight is 596 g/mol. The minimum atomic E-state index is -4.88. The Balaban J connectivity index is 1.77. The van der Waals surface area contributed by atoms with Crippen molar-refractivity contribution >= 4 is 38.8 Å². The van der Waals surface area contributed by atoms with Crippen molar-refractivity contribution < 1.29 is 48.2 Å². The highest BCUT2D eigenvalue weighted by atomic mass is 32.2. The molecule has 0 saturated carbocycles. The van der Waals surface area contributed by atoms with Gasteiger partial charge in [0.05, 0.1) is 10.6 Å². The number of sulfone groups is 1. The van der Waals surface area contributed by atoms with Gasteiger partial charge in [0.1, 0.15) is 23.9 Å². The first-order chi connectivity index (χ1) is 18.3. The molecule has 208 valence electrons. The van der Waals surface area contributed by atoms with Gasteiger partial charge in [0.25, 0.3) is 0 Å². The van der Waals surface area contributed by atoms with Crippen LogP contribution in [0.25, 0.3) is 22.7 Å². The van der Waals surface area contributed by atoms with Gasteiger partial charge in [-0.1, -0.05) is 12.1 Å². The van der Waals surface area contributed by atoms with Gasteiger partial charge in [0.15, 0.2) is 15.4 Å². The molecule has 19 heteroatoms. The summed E-state index contributed by atoms with van der Waals surface area (Å²) in [5, 5.41) is 7.23. The predicted molar refractivity (Wildman–Crippen MR) is 122 cm³/mol. The van der Waals surface area contributed by atoms with E-state index in [2.05, 4.69) is 34.2 Å². The highest BCUT2D eigenvalue weighted by Gasteiger charge is 2.31. The Bertz CT molecular complexity index is 1600. The highest BCUT2D eigenvalue weighted by Crippen LogP contribution is 2.34. The fourth-order valence-electron chi connectivity index (χ4n) is 2.99. The van der Waals surface area contributed by atoms with E-state index in [9.17, 15) is 34.8 Å². The molecule has 0 aliphatic rings. The topological polar surface area (TPSA) is 135 Å². The van der Waals surface area contributed by atoms with Gasteiger partial charge in [-0.2, -0.15) is 23.0 Å². The van der Waals surface area contributed by atoms with E-state index in [-0.39, 0.29) is 51.0 Å². The molecule has 0 unspecified atom stereocenters. The third-order valence-corrected chi connectivity index (χ3v) is 7.10. The molecule has 39 heavy (non-hydrogen) atoms. The lowest BCUT2D eigenvalue weighted by Gasteiger charge is -2.11. The van der Waals surface area contributed by atoms with E-state index in [4.69, 9.17) is 4.42 Å². The molecule has 0 amide bonds. The SMILES string of the molecule is CCS(=O)(=O)c1cc(/C(=N/OCC(F)(F)F)n2cncn2)cnc1-c1nc2cc(SOC(F)(F)F)ccc2o1. The Kier molecular flexibility index (Phi) is 7.84. The van der Waals surface area contributed by atoms with E-state index in [0.717, 1.165) is 29.6 Å². The maximum absolute atomic E-state index is 13.0. The molecule has 0 bridgehead atoms. The molecule has 0 radical (unpaired) electrons. The minimum absolute atomic E-state index is 0.0388. The van der Waals surface area contributed by atoms with Crippen LogP contribution in [0.2, 0.25) is 0 Å². The maximum Gasteiger partial charge on any atom is 0.533 e. The summed E-state index contributed by atoms with van der Waals surface area (Å²) in [5.74, 6) is -1.04. The Morgan fingerprint density at radius 3 is 2.59 bits per heavy atom. The number of halogens is 6. The van der Waals surface area contributed by atoms with Crippen LogP contribution in [0.1, 0.15) is 12.5 Å². The van der Waals surface area contributed by atoms with Crippen molar-refractivity contribution in [2.24, 2.45) is 5.16 Å². The van der Waals surface area contributed by atoms with Crippen LogP contribution in [-0.4, -0.2) is 63.9 Å². The molecule has 0 aliphatic carbocycles. The molecule has 0 N–H and O–H groups in total. The van der Waals surface area contributed by atoms with Gasteiger partial charge in [-0.3, -0.25) is 0 Å². The monoisotopic (exact) mass is 596 g/mol. The van der Waals surface area contributed by atoms with Gasteiger partial charge in [0, 0.05) is 28.7 Å². The summed E-state index contributed by atoms with van der Waals surface area (Å²) >= 11 is 0.0431. The van der Waals surface area contributed by atoms with Gasteiger partial charge in [0.2, 0.25) is 18.3 Å². The van der Waals surface area contributed by atoms with Crippen molar-refractivity contribution in [2.45, 2.75) is 29.3 Å². The van der Waals surface area contributed by atoms with Crippen LogP contribution < -0.4 is 0 Å². The number of oxime groups is 1. The van der Waals surface area contributed by atoms with Crippen molar-refractivity contribution in [1.82, 2.24) is 24.7 Å². The number of benzene rings is 1. The van der Waals surface area contributed by atoms with E-state index in [1.54, 1.807) is 0 Å². The van der Waals surface area contributed by atoms with E-state index in [1.807, 2.05) is 0 Å². The van der Waals surface area contributed by atoms with Crippen LogP contribution in [0, 0.1) is 0 Å².